The second-order valence-electron chi connectivity index (χ2n) is 5.16. The van der Waals surface area contributed by atoms with Crippen LogP contribution in [0.4, 0.5) is 10.5 Å². The van der Waals surface area contributed by atoms with Gasteiger partial charge in [-0.05, 0) is 43.3 Å². The molecule has 0 aromatic heterocycles. The lowest BCUT2D eigenvalue weighted by molar-refractivity contribution is 0.0923. The summed E-state index contributed by atoms with van der Waals surface area (Å²) in [6, 6.07) is 8.26. The average Bonchev–Trinajstić information content (AvgIpc) is 2.55. The lowest BCUT2D eigenvalue weighted by Crippen LogP contribution is -2.51. The van der Waals surface area contributed by atoms with Crippen molar-refractivity contribution >= 4 is 29.1 Å². The van der Waals surface area contributed by atoms with Crippen LogP contribution in [0.25, 0.3) is 0 Å². The zero-order valence-corrected chi connectivity index (χ0v) is 14.0. The minimum atomic E-state index is -0.239. The van der Waals surface area contributed by atoms with Crippen molar-refractivity contribution < 1.29 is 9.53 Å². The quantitative estimate of drug-likeness (QED) is 0.867. The zero-order valence-electron chi connectivity index (χ0n) is 13.2. The molecule has 1 aromatic carbocycles. The molecule has 1 aliphatic rings. The van der Waals surface area contributed by atoms with E-state index >= 15 is 0 Å². The Labute approximate surface area is 137 Å². The summed E-state index contributed by atoms with van der Waals surface area (Å²) < 4.78 is 5.02. The van der Waals surface area contributed by atoms with Gasteiger partial charge in [0.15, 0.2) is 5.11 Å². The molecule has 120 valence electrons. The monoisotopic (exact) mass is 321 g/mol. The van der Waals surface area contributed by atoms with Crippen molar-refractivity contribution in [1.29, 1.82) is 0 Å². The van der Waals surface area contributed by atoms with Gasteiger partial charge >= 0.3 is 6.09 Å². The number of benzene rings is 1. The van der Waals surface area contributed by atoms with Gasteiger partial charge in [0.2, 0.25) is 0 Å². The van der Waals surface area contributed by atoms with Gasteiger partial charge in [-0.1, -0.05) is 19.1 Å². The van der Waals surface area contributed by atoms with Gasteiger partial charge in [0.25, 0.3) is 0 Å². The van der Waals surface area contributed by atoms with Crippen molar-refractivity contribution in [2.75, 3.05) is 38.1 Å². The lowest BCUT2D eigenvalue weighted by Gasteiger charge is -2.35. The van der Waals surface area contributed by atoms with Crippen LogP contribution in [-0.4, -0.2) is 53.8 Å². The molecular formula is C16H23N3O2S. The Hall–Kier alpha value is -1.82. The average molecular weight is 321 g/mol. The number of amides is 1. The highest BCUT2D eigenvalue weighted by Gasteiger charge is 2.23. The first-order valence-electron chi connectivity index (χ1n) is 7.70. The van der Waals surface area contributed by atoms with Crippen LogP contribution in [0.3, 0.4) is 0 Å². The predicted molar refractivity (Wildman–Crippen MR) is 92.2 cm³/mol. The first-order chi connectivity index (χ1) is 10.6. The van der Waals surface area contributed by atoms with Crippen molar-refractivity contribution in [2.45, 2.75) is 20.3 Å². The van der Waals surface area contributed by atoms with Crippen LogP contribution < -0.4 is 5.32 Å². The van der Waals surface area contributed by atoms with Crippen molar-refractivity contribution in [3.63, 3.8) is 0 Å². The molecule has 1 saturated heterocycles. The molecule has 1 fully saturated rings. The number of hydrogen-bond donors (Lipinski definition) is 1. The molecule has 1 heterocycles. The lowest BCUT2D eigenvalue weighted by atomic mass is 10.1. The van der Waals surface area contributed by atoms with Crippen LogP contribution in [0.5, 0.6) is 0 Å². The van der Waals surface area contributed by atoms with Crippen molar-refractivity contribution in [3.8, 4) is 0 Å². The molecular weight excluding hydrogens is 298 g/mol. The number of anilines is 1. The molecule has 0 bridgehead atoms. The van der Waals surface area contributed by atoms with Gasteiger partial charge in [-0.25, -0.2) is 4.79 Å². The number of hydrogen-bond acceptors (Lipinski definition) is 3. The summed E-state index contributed by atoms with van der Waals surface area (Å²) in [6.07, 6.45) is 0.761. The van der Waals surface area contributed by atoms with Crippen LogP contribution in [0.2, 0.25) is 0 Å². The molecule has 0 spiro atoms. The summed E-state index contributed by atoms with van der Waals surface area (Å²) in [6.45, 7) is 7.07. The van der Waals surface area contributed by atoms with E-state index in [1.165, 1.54) is 5.56 Å². The van der Waals surface area contributed by atoms with Gasteiger partial charge in [0.05, 0.1) is 6.61 Å². The van der Waals surface area contributed by atoms with Gasteiger partial charge in [-0.15, -0.1) is 0 Å². The molecule has 0 aliphatic carbocycles. The Morgan fingerprint density at radius 3 is 2.55 bits per heavy atom. The van der Waals surface area contributed by atoms with Crippen molar-refractivity contribution in [1.82, 2.24) is 9.80 Å². The number of aryl methyl sites for hydroxylation is 1. The molecule has 6 heteroatoms. The van der Waals surface area contributed by atoms with Gasteiger partial charge in [0, 0.05) is 31.9 Å². The molecule has 1 amide bonds. The number of thiocarbonyl (C=S) groups is 1. The van der Waals surface area contributed by atoms with E-state index in [-0.39, 0.29) is 6.09 Å². The highest BCUT2D eigenvalue weighted by atomic mass is 32.1. The normalized spacial score (nSPS) is 14.6. The molecule has 1 N–H and O–H groups in total. The van der Waals surface area contributed by atoms with Crippen molar-refractivity contribution in [2.24, 2.45) is 0 Å². The Kier molecular flexibility index (Phi) is 6.00. The van der Waals surface area contributed by atoms with Crippen LogP contribution in [0.15, 0.2) is 24.3 Å². The van der Waals surface area contributed by atoms with Gasteiger partial charge < -0.3 is 19.9 Å². The van der Waals surface area contributed by atoms with E-state index in [1.54, 1.807) is 4.90 Å². The summed E-state index contributed by atoms with van der Waals surface area (Å²) in [5.41, 5.74) is 2.29. The highest BCUT2D eigenvalue weighted by Crippen LogP contribution is 2.13. The van der Waals surface area contributed by atoms with Crippen LogP contribution in [-0.2, 0) is 11.2 Å². The van der Waals surface area contributed by atoms with E-state index in [4.69, 9.17) is 17.0 Å². The number of nitrogens with one attached hydrogen (secondary N) is 1. The fourth-order valence-electron chi connectivity index (χ4n) is 2.38. The largest absolute Gasteiger partial charge is 0.450 e. The van der Waals surface area contributed by atoms with E-state index in [0.29, 0.717) is 24.8 Å². The van der Waals surface area contributed by atoms with Crippen LogP contribution in [0, 0.1) is 0 Å². The first kappa shape index (κ1) is 16.5. The number of rotatable bonds is 3. The van der Waals surface area contributed by atoms with Gasteiger partial charge in [0.1, 0.15) is 0 Å². The first-order valence-corrected chi connectivity index (χ1v) is 8.11. The second kappa shape index (κ2) is 7.98. The third kappa shape index (κ3) is 4.34. The predicted octanol–water partition coefficient (Wildman–Crippen LogP) is 2.72. The minimum Gasteiger partial charge on any atom is -0.450 e. The molecule has 0 radical (unpaired) electrons. The number of piperazine rings is 1. The highest BCUT2D eigenvalue weighted by molar-refractivity contribution is 7.80. The Morgan fingerprint density at radius 1 is 1.23 bits per heavy atom. The summed E-state index contributed by atoms with van der Waals surface area (Å²) >= 11 is 5.47. The van der Waals surface area contributed by atoms with E-state index in [2.05, 4.69) is 29.3 Å². The molecule has 0 saturated carbocycles. The minimum absolute atomic E-state index is 0.239. The fourth-order valence-corrected chi connectivity index (χ4v) is 2.68. The fraction of sp³-hybridized carbons (Fsp3) is 0.500. The third-order valence-electron chi connectivity index (χ3n) is 3.68. The number of carbonyl (C=O) groups excluding carboxylic acids is 1. The van der Waals surface area contributed by atoms with E-state index in [1.807, 2.05) is 19.1 Å². The van der Waals surface area contributed by atoms with E-state index < -0.39 is 0 Å². The molecule has 0 atom stereocenters. The van der Waals surface area contributed by atoms with Crippen molar-refractivity contribution in [3.05, 3.63) is 29.8 Å². The Balaban J connectivity index is 1.85. The Bertz CT molecular complexity index is 528. The smallest absolute Gasteiger partial charge is 0.409 e. The molecule has 5 nitrogen and oxygen atoms in total. The molecule has 1 aromatic rings. The molecule has 1 aliphatic heterocycles. The summed E-state index contributed by atoms with van der Waals surface area (Å²) in [4.78, 5) is 15.5. The SMILES string of the molecule is CCOC(=O)N1CCN(C(=S)Nc2cccc(CC)c2)CC1. The maximum absolute atomic E-state index is 11.7. The van der Waals surface area contributed by atoms with E-state index in [9.17, 15) is 4.79 Å². The second-order valence-corrected chi connectivity index (χ2v) is 5.54. The molecule has 2 rings (SSSR count). The number of carbonyl (C=O) groups is 1. The molecule has 22 heavy (non-hydrogen) atoms. The standard InChI is InChI=1S/C16H23N3O2S/c1-3-13-6-5-7-14(12-13)17-15(22)18-8-10-19(11-9-18)16(20)21-4-2/h5-7,12H,3-4,8-11H2,1-2H3,(H,17,22). The number of ether oxygens (including phenoxy) is 1. The zero-order chi connectivity index (χ0) is 15.9. The Morgan fingerprint density at radius 2 is 1.91 bits per heavy atom. The summed E-state index contributed by atoms with van der Waals surface area (Å²) in [5.74, 6) is 0. The van der Waals surface area contributed by atoms with E-state index in [0.717, 1.165) is 25.2 Å². The topological polar surface area (TPSA) is 44.8 Å². The van der Waals surface area contributed by atoms with Gasteiger partial charge in [-0.2, -0.15) is 0 Å². The summed E-state index contributed by atoms with van der Waals surface area (Å²) in [5, 5.41) is 3.98. The maximum Gasteiger partial charge on any atom is 0.409 e. The van der Waals surface area contributed by atoms with Crippen LogP contribution in [0.1, 0.15) is 19.4 Å². The van der Waals surface area contributed by atoms with Crippen LogP contribution >= 0.6 is 12.2 Å². The summed E-state index contributed by atoms with van der Waals surface area (Å²) in [7, 11) is 0. The number of nitrogens with zero attached hydrogens (tertiary/aromatic N) is 2. The third-order valence-corrected chi connectivity index (χ3v) is 4.04. The van der Waals surface area contributed by atoms with Gasteiger partial charge in [-0.3, -0.25) is 0 Å². The maximum atomic E-state index is 11.7. The molecule has 0 unspecified atom stereocenters.